The van der Waals surface area contributed by atoms with Gasteiger partial charge >= 0.3 is 18.1 Å². The number of alkyl halides is 3. The van der Waals surface area contributed by atoms with Crippen LogP contribution in [-0.4, -0.2) is 23.4 Å². The van der Waals surface area contributed by atoms with Crippen molar-refractivity contribution >= 4 is 17.6 Å². The largest absolute Gasteiger partial charge is 0.459 e. The van der Waals surface area contributed by atoms with E-state index < -0.39 is 23.6 Å². The molecule has 0 aliphatic rings. The second-order valence-corrected chi connectivity index (χ2v) is 5.82. The molecular formula is C19H19F3N2O3. The van der Waals surface area contributed by atoms with Crippen molar-refractivity contribution in [1.29, 1.82) is 0 Å². The number of amides is 1. The first-order chi connectivity index (χ1) is 12.7. The summed E-state index contributed by atoms with van der Waals surface area (Å²) >= 11 is 0. The number of carbonyl (C=O) groups is 2. The van der Waals surface area contributed by atoms with Crippen LogP contribution in [0.3, 0.4) is 0 Å². The topological polar surface area (TPSA) is 72.6 Å². The Bertz CT molecular complexity index is 787. The van der Waals surface area contributed by atoms with Crippen molar-refractivity contribution in [3.8, 4) is 0 Å². The van der Waals surface area contributed by atoms with Crippen LogP contribution in [0.2, 0.25) is 0 Å². The molecule has 1 amide bonds. The van der Waals surface area contributed by atoms with Crippen LogP contribution in [0, 0.1) is 0 Å². The smallest absolute Gasteiger partial charge is 0.416 e. The molecule has 0 spiro atoms. The van der Waals surface area contributed by atoms with E-state index in [-0.39, 0.29) is 19.7 Å². The van der Waals surface area contributed by atoms with Crippen LogP contribution < -0.4 is 5.73 Å². The molecule has 0 atom stereocenters. The van der Waals surface area contributed by atoms with Gasteiger partial charge < -0.3 is 15.4 Å². The summed E-state index contributed by atoms with van der Waals surface area (Å²) in [5, 5.41) is 0. The Morgan fingerprint density at radius 1 is 0.963 bits per heavy atom. The number of esters is 1. The lowest BCUT2D eigenvalue weighted by molar-refractivity contribution is -0.160. The van der Waals surface area contributed by atoms with Gasteiger partial charge in [-0.05, 0) is 42.3 Å². The van der Waals surface area contributed by atoms with Gasteiger partial charge in [-0.2, -0.15) is 13.2 Å². The number of nitrogen functional groups attached to an aromatic ring is 1. The van der Waals surface area contributed by atoms with Crippen molar-refractivity contribution in [3.05, 3.63) is 65.2 Å². The van der Waals surface area contributed by atoms with Gasteiger partial charge in [0.15, 0.2) is 0 Å². The number of anilines is 1. The Kier molecular flexibility index (Phi) is 6.44. The number of benzene rings is 2. The first-order valence-corrected chi connectivity index (χ1v) is 8.17. The molecule has 0 unspecified atom stereocenters. The highest BCUT2D eigenvalue weighted by molar-refractivity contribution is 6.32. The zero-order valence-electron chi connectivity index (χ0n) is 14.6. The van der Waals surface area contributed by atoms with E-state index in [4.69, 9.17) is 10.5 Å². The van der Waals surface area contributed by atoms with Crippen molar-refractivity contribution in [2.45, 2.75) is 26.2 Å². The number of nitrogens with zero attached hydrogens (tertiary/aromatic N) is 1. The van der Waals surface area contributed by atoms with Gasteiger partial charge in [-0.15, -0.1) is 0 Å². The minimum absolute atomic E-state index is 0.0415. The number of halogens is 3. The molecule has 0 saturated carbocycles. The predicted octanol–water partition coefficient (Wildman–Crippen LogP) is 3.38. The quantitative estimate of drug-likeness (QED) is 0.490. The van der Waals surface area contributed by atoms with Crippen molar-refractivity contribution in [2.24, 2.45) is 0 Å². The maximum absolute atomic E-state index is 12.7. The highest BCUT2D eigenvalue weighted by Crippen LogP contribution is 2.29. The molecule has 0 radical (unpaired) electrons. The zero-order valence-corrected chi connectivity index (χ0v) is 14.6. The molecular weight excluding hydrogens is 361 g/mol. The van der Waals surface area contributed by atoms with Crippen molar-refractivity contribution in [2.75, 3.05) is 12.3 Å². The van der Waals surface area contributed by atoms with E-state index in [0.29, 0.717) is 16.8 Å². The van der Waals surface area contributed by atoms with Crippen molar-refractivity contribution < 1.29 is 27.5 Å². The van der Waals surface area contributed by atoms with E-state index in [1.807, 2.05) is 0 Å². The highest BCUT2D eigenvalue weighted by atomic mass is 19.4. The second-order valence-electron chi connectivity index (χ2n) is 5.82. The van der Waals surface area contributed by atoms with Crippen LogP contribution in [0.25, 0.3) is 0 Å². The van der Waals surface area contributed by atoms with Gasteiger partial charge in [-0.25, -0.2) is 4.79 Å². The first-order valence-electron chi connectivity index (χ1n) is 8.17. The average Bonchev–Trinajstić information content (AvgIpc) is 2.62. The molecule has 2 rings (SSSR count). The summed E-state index contributed by atoms with van der Waals surface area (Å²) in [4.78, 5) is 25.4. The molecule has 0 aromatic heterocycles. The van der Waals surface area contributed by atoms with Gasteiger partial charge in [0.05, 0.1) is 12.2 Å². The van der Waals surface area contributed by atoms with E-state index >= 15 is 0 Å². The molecule has 144 valence electrons. The van der Waals surface area contributed by atoms with E-state index in [2.05, 4.69) is 0 Å². The Balaban J connectivity index is 2.21. The maximum atomic E-state index is 12.7. The monoisotopic (exact) mass is 380 g/mol. The standard InChI is InChI=1S/C19H19F3N2O3/c1-2-27-18(26)17(25)24(12-14-5-9-16(23)10-6-14)11-13-3-7-15(8-4-13)19(20,21)22/h3-10H,2,11-12,23H2,1H3. The predicted molar refractivity (Wildman–Crippen MR) is 93.2 cm³/mol. The Morgan fingerprint density at radius 2 is 1.44 bits per heavy atom. The number of hydrogen-bond acceptors (Lipinski definition) is 4. The third kappa shape index (κ3) is 5.73. The summed E-state index contributed by atoms with van der Waals surface area (Å²) in [6.45, 7) is 1.66. The molecule has 0 aliphatic carbocycles. The molecule has 2 aromatic carbocycles. The normalized spacial score (nSPS) is 11.1. The van der Waals surface area contributed by atoms with Crippen LogP contribution in [0.15, 0.2) is 48.5 Å². The van der Waals surface area contributed by atoms with Crippen molar-refractivity contribution in [1.82, 2.24) is 4.90 Å². The molecule has 8 heteroatoms. The number of nitrogens with two attached hydrogens (primary N) is 1. The third-order valence-corrected chi connectivity index (χ3v) is 3.75. The molecule has 2 aromatic rings. The number of carbonyl (C=O) groups excluding carboxylic acids is 2. The van der Waals surface area contributed by atoms with Crippen LogP contribution in [0.4, 0.5) is 18.9 Å². The lowest BCUT2D eigenvalue weighted by Gasteiger charge is -2.22. The summed E-state index contributed by atoms with van der Waals surface area (Å²) in [5.74, 6) is -1.88. The number of hydrogen-bond donors (Lipinski definition) is 1. The molecule has 2 N–H and O–H groups in total. The van der Waals surface area contributed by atoms with Crippen LogP contribution >= 0.6 is 0 Å². The van der Waals surface area contributed by atoms with Crippen LogP contribution in [0.5, 0.6) is 0 Å². The summed E-state index contributed by atoms with van der Waals surface area (Å²) < 4.78 is 42.8. The number of rotatable bonds is 5. The second kappa shape index (κ2) is 8.57. The van der Waals surface area contributed by atoms with Crippen LogP contribution in [0.1, 0.15) is 23.6 Å². The SMILES string of the molecule is CCOC(=O)C(=O)N(Cc1ccc(N)cc1)Cc1ccc(C(F)(F)F)cc1. The third-order valence-electron chi connectivity index (χ3n) is 3.75. The first kappa shape index (κ1) is 20.3. The Labute approximate surface area is 154 Å². The Hall–Kier alpha value is -3.03. The van der Waals surface area contributed by atoms with Gasteiger partial charge in [0.2, 0.25) is 0 Å². The molecule has 0 saturated heterocycles. The summed E-state index contributed by atoms with van der Waals surface area (Å²) in [7, 11) is 0. The molecule has 0 aliphatic heterocycles. The minimum atomic E-state index is -4.44. The fourth-order valence-corrected chi connectivity index (χ4v) is 2.38. The van der Waals surface area contributed by atoms with Gasteiger partial charge in [0.1, 0.15) is 0 Å². The minimum Gasteiger partial charge on any atom is -0.459 e. The average molecular weight is 380 g/mol. The zero-order chi connectivity index (χ0) is 20.0. The van der Waals surface area contributed by atoms with Gasteiger partial charge in [0, 0.05) is 18.8 Å². The molecule has 5 nitrogen and oxygen atoms in total. The van der Waals surface area contributed by atoms with E-state index in [1.165, 1.54) is 17.0 Å². The van der Waals surface area contributed by atoms with Gasteiger partial charge in [-0.1, -0.05) is 24.3 Å². The Morgan fingerprint density at radius 3 is 1.89 bits per heavy atom. The van der Waals surface area contributed by atoms with Crippen LogP contribution in [-0.2, 0) is 33.6 Å². The van der Waals surface area contributed by atoms with Crippen molar-refractivity contribution in [3.63, 3.8) is 0 Å². The van der Waals surface area contributed by atoms with E-state index in [1.54, 1.807) is 31.2 Å². The summed E-state index contributed by atoms with van der Waals surface area (Å²) in [5.41, 5.74) is 6.56. The lowest BCUT2D eigenvalue weighted by atomic mass is 10.1. The molecule has 0 bridgehead atoms. The maximum Gasteiger partial charge on any atom is 0.416 e. The van der Waals surface area contributed by atoms with E-state index in [9.17, 15) is 22.8 Å². The lowest BCUT2D eigenvalue weighted by Crippen LogP contribution is -2.36. The summed E-state index contributed by atoms with van der Waals surface area (Å²) in [6.07, 6.45) is -4.44. The fraction of sp³-hybridized carbons (Fsp3) is 0.263. The molecule has 0 fully saturated rings. The number of ether oxygens (including phenoxy) is 1. The fourth-order valence-electron chi connectivity index (χ4n) is 2.38. The van der Waals surface area contributed by atoms with Gasteiger partial charge in [0.25, 0.3) is 0 Å². The molecule has 0 heterocycles. The van der Waals surface area contributed by atoms with Gasteiger partial charge in [-0.3, -0.25) is 4.79 Å². The highest BCUT2D eigenvalue weighted by Gasteiger charge is 2.30. The molecule has 27 heavy (non-hydrogen) atoms. The van der Waals surface area contributed by atoms with E-state index in [0.717, 1.165) is 12.1 Å². The summed E-state index contributed by atoms with van der Waals surface area (Å²) in [6, 6.07) is 11.1.